The van der Waals surface area contributed by atoms with Gasteiger partial charge in [0.25, 0.3) is 0 Å². The average Bonchev–Trinajstić information content (AvgIpc) is 2.17. The lowest BCUT2D eigenvalue weighted by Crippen LogP contribution is -1.90. The lowest BCUT2D eigenvalue weighted by Gasteiger charge is -1.99. The van der Waals surface area contributed by atoms with Gasteiger partial charge in [-0.05, 0) is 18.2 Å². The Morgan fingerprint density at radius 2 is 2.31 bits per heavy atom. The molecule has 0 aliphatic rings. The summed E-state index contributed by atoms with van der Waals surface area (Å²) in [4.78, 5) is 3.28. The second-order valence-corrected chi connectivity index (χ2v) is 2.66. The van der Waals surface area contributed by atoms with Crippen LogP contribution in [-0.2, 0) is 0 Å². The van der Waals surface area contributed by atoms with E-state index in [1.165, 1.54) is 18.2 Å². The Hall–Kier alpha value is -1.87. The molecule has 2 nitrogen and oxygen atoms in total. The molecule has 3 heteroatoms. The Morgan fingerprint density at radius 1 is 1.62 bits per heavy atom. The largest absolute Gasteiger partial charge is 0.309 e. The number of benzene rings is 1. The monoisotopic (exact) mass is 174 g/mol. The number of hydrogen-bond donors (Lipinski definition) is 0. The van der Waals surface area contributed by atoms with E-state index in [9.17, 15) is 4.39 Å². The molecule has 0 heterocycles. The topological polar surface area (TPSA) is 28.1 Å². The standard InChI is InChI=1S/C10H7FN2/c1-7(13-2)8-3-4-10(11)9(5-8)6-12/h3-5,7H,1H3. The summed E-state index contributed by atoms with van der Waals surface area (Å²) in [5, 5.41) is 8.53. The molecule has 1 aromatic rings. The minimum atomic E-state index is -0.538. The van der Waals surface area contributed by atoms with Gasteiger partial charge in [-0.1, -0.05) is 0 Å². The third-order valence-electron chi connectivity index (χ3n) is 1.79. The Kier molecular flexibility index (Phi) is 2.62. The van der Waals surface area contributed by atoms with Crippen LogP contribution in [0, 0.1) is 23.7 Å². The first-order valence-electron chi connectivity index (χ1n) is 3.75. The number of rotatable bonds is 1. The molecule has 1 aromatic carbocycles. The van der Waals surface area contributed by atoms with E-state index in [0.717, 1.165) is 0 Å². The molecular weight excluding hydrogens is 167 g/mol. The van der Waals surface area contributed by atoms with E-state index < -0.39 is 5.82 Å². The van der Waals surface area contributed by atoms with E-state index in [-0.39, 0.29) is 11.6 Å². The predicted octanol–water partition coefficient (Wildman–Crippen LogP) is 2.68. The van der Waals surface area contributed by atoms with E-state index in [1.54, 1.807) is 13.0 Å². The molecule has 13 heavy (non-hydrogen) atoms. The van der Waals surface area contributed by atoms with Crippen LogP contribution in [0.5, 0.6) is 0 Å². The molecule has 0 radical (unpaired) electrons. The number of hydrogen-bond acceptors (Lipinski definition) is 1. The van der Waals surface area contributed by atoms with Gasteiger partial charge < -0.3 is 4.85 Å². The van der Waals surface area contributed by atoms with Gasteiger partial charge in [0.1, 0.15) is 11.9 Å². The maximum Gasteiger partial charge on any atom is 0.246 e. The van der Waals surface area contributed by atoms with Gasteiger partial charge >= 0.3 is 0 Å². The zero-order valence-corrected chi connectivity index (χ0v) is 7.08. The van der Waals surface area contributed by atoms with E-state index in [2.05, 4.69) is 4.85 Å². The summed E-state index contributed by atoms with van der Waals surface area (Å²) in [5.74, 6) is -0.538. The van der Waals surface area contributed by atoms with Crippen LogP contribution in [0.1, 0.15) is 24.1 Å². The zero-order chi connectivity index (χ0) is 9.84. The first-order valence-corrected chi connectivity index (χ1v) is 3.75. The van der Waals surface area contributed by atoms with Gasteiger partial charge in [0.2, 0.25) is 6.04 Å². The van der Waals surface area contributed by atoms with Crippen molar-refractivity contribution in [1.82, 2.24) is 0 Å². The van der Waals surface area contributed by atoms with Crippen molar-refractivity contribution in [2.45, 2.75) is 13.0 Å². The van der Waals surface area contributed by atoms with E-state index in [1.807, 2.05) is 0 Å². The summed E-state index contributed by atoms with van der Waals surface area (Å²) in [6.07, 6.45) is 0. The number of halogens is 1. The van der Waals surface area contributed by atoms with Crippen molar-refractivity contribution >= 4 is 0 Å². The van der Waals surface area contributed by atoms with Gasteiger partial charge in [-0.15, -0.1) is 0 Å². The van der Waals surface area contributed by atoms with Gasteiger partial charge in [0.05, 0.1) is 5.56 Å². The highest BCUT2D eigenvalue weighted by Crippen LogP contribution is 2.19. The molecule has 64 valence electrons. The Balaban J connectivity index is 3.17. The quantitative estimate of drug-likeness (QED) is 0.601. The molecule has 0 aliphatic heterocycles. The van der Waals surface area contributed by atoms with Gasteiger partial charge in [0, 0.05) is 12.5 Å². The Morgan fingerprint density at radius 3 is 2.85 bits per heavy atom. The highest BCUT2D eigenvalue weighted by molar-refractivity contribution is 5.36. The molecule has 1 unspecified atom stereocenters. The van der Waals surface area contributed by atoms with Crippen LogP contribution in [0.2, 0.25) is 0 Å². The molecular formula is C10H7FN2. The molecule has 0 bridgehead atoms. The maximum absolute atomic E-state index is 12.8. The highest BCUT2D eigenvalue weighted by Gasteiger charge is 2.10. The fourth-order valence-corrected chi connectivity index (χ4v) is 0.963. The van der Waals surface area contributed by atoms with Crippen LogP contribution in [-0.4, -0.2) is 0 Å². The highest BCUT2D eigenvalue weighted by atomic mass is 19.1. The summed E-state index contributed by atoms with van der Waals surface area (Å²) >= 11 is 0. The molecule has 0 N–H and O–H groups in total. The first-order chi connectivity index (χ1) is 6.19. The van der Waals surface area contributed by atoms with Gasteiger partial charge in [0.15, 0.2) is 0 Å². The maximum atomic E-state index is 12.8. The van der Waals surface area contributed by atoms with E-state index in [0.29, 0.717) is 5.56 Å². The summed E-state index contributed by atoms with van der Waals surface area (Å²) in [5.41, 5.74) is 0.668. The summed E-state index contributed by atoms with van der Waals surface area (Å²) in [6.45, 7) is 8.49. The summed E-state index contributed by atoms with van der Waals surface area (Å²) in [6, 6.07) is 5.57. The normalized spacial score (nSPS) is 11.4. The smallest absolute Gasteiger partial charge is 0.246 e. The Bertz CT molecular complexity index is 398. The third kappa shape index (κ3) is 1.83. The lowest BCUT2D eigenvalue weighted by atomic mass is 10.1. The predicted molar refractivity (Wildman–Crippen MR) is 46.1 cm³/mol. The number of nitrogens with zero attached hydrogens (tertiary/aromatic N) is 2. The van der Waals surface area contributed by atoms with Crippen LogP contribution in [0.25, 0.3) is 4.85 Å². The van der Waals surface area contributed by atoms with Crippen LogP contribution >= 0.6 is 0 Å². The van der Waals surface area contributed by atoms with Crippen LogP contribution in [0.3, 0.4) is 0 Å². The van der Waals surface area contributed by atoms with Crippen molar-refractivity contribution in [3.05, 3.63) is 46.6 Å². The molecule has 1 rings (SSSR count). The second-order valence-electron chi connectivity index (χ2n) is 2.66. The lowest BCUT2D eigenvalue weighted by molar-refractivity contribution is 0.622. The Labute approximate surface area is 76.1 Å². The molecule has 0 fully saturated rings. The summed E-state index contributed by atoms with van der Waals surface area (Å²) < 4.78 is 12.8. The van der Waals surface area contributed by atoms with E-state index >= 15 is 0 Å². The van der Waals surface area contributed by atoms with Crippen molar-refractivity contribution in [2.75, 3.05) is 0 Å². The van der Waals surface area contributed by atoms with Crippen LogP contribution < -0.4 is 0 Å². The van der Waals surface area contributed by atoms with Crippen molar-refractivity contribution in [3.8, 4) is 6.07 Å². The molecule has 0 aromatic heterocycles. The van der Waals surface area contributed by atoms with E-state index in [4.69, 9.17) is 11.8 Å². The summed E-state index contributed by atoms with van der Waals surface area (Å²) in [7, 11) is 0. The van der Waals surface area contributed by atoms with Crippen molar-refractivity contribution in [3.63, 3.8) is 0 Å². The molecule has 0 aliphatic carbocycles. The molecule has 1 atom stereocenters. The van der Waals surface area contributed by atoms with Crippen molar-refractivity contribution in [1.29, 1.82) is 5.26 Å². The average molecular weight is 174 g/mol. The SMILES string of the molecule is [C-]#[N+]C(C)c1ccc(F)c(C#N)c1. The van der Waals surface area contributed by atoms with Crippen molar-refractivity contribution in [2.24, 2.45) is 0 Å². The first kappa shape index (κ1) is 9.22. The molecule has 0 spiro atoms. The van der Waals surface area contributed by atoms with Crippen LogP contribution in [0.15, 0.2) is 18.2 Å². The molecule has 0 saturated heterocycles. The van der Waals surface area contributed by atoms with Gasteiger partial charge in [-0.2, -0.15) is 5.26 Å². The fraction of sp³-hybridized carbons (Fsp3) is 0.200. The number of nitriles is 1. The van der Waals surface area contributed by atoms with Crippen molar-refractivity contribution < 1.29 is 4.39 Å². The van der Waals surface area contributed by atoms with Gasteiger partial charge in [-0.3, -0.25) is 0 Å². The second kappa shape index (κ2) is 3.69. The minimum Gasteiger partial charge on any atom is -0.309 e. The van der Waals surface area contributed by atoms with Crippen LogP contribution in [0.4, 0.5) is 4.39 Å². The molecule has 0 amide bonds. The zero-order valence-electron chi connectivity index (χ0n) is 7.08. The third-order valence-corrected chi connectivity index (χ3v) is 1.79. The molecule has 0 saturated carbocycles. The minimum absolute atomic E-state index is 0.00648. The fourth-order valence-electron chi connectivity index (χ4n) is 0.963. The van der Waals surface area contributed by atoms with Gasteiger partial charge in [-0.25, -0.2) is 11.0 Å².